The van der Waals surface area contributed by atoms with Crippen LogP contribution in [0.15, 0.2) is 54.6 Å². The van der Waals surface area contributed by atoms with Crippen molar-refractivity contribution in [1.29, 1.82) is 0 Å². The first-order valence-corrected chi connectivity index (χ1v) is 9.92. The molecule has 138 valence electrons. The lowest BCUT2D eigenvalue weighted by Crippen LogP contribution is -2.47. The van der Waals surface area contributed by atoms with E-state index in [1.807, 2.05) is 48.5 Å². The van der Waals surface area contributed by atoms with Crippen molar-refractivity contribution in [2.45, 2.75) is 25.3 Å². The fraction of sp³-hybridized carbons (Fsp3) is 0.300. The van der Waals surface area contributed by atoms with Crippen LogP contribution in [0, 0.1) is 0 Å². The predicted molar refractivity (Wildman–Crippen MR) is 108 cm³/mol. The number of halogens is 1. The third-order valence-corrected chi connectivity index (χ3v) is 5.41. The van der Waals surface area contributed by atoms with E-state index >= 15 is 0 Å². The molecule has 2 aromatic carbocycles. The number of carbonyl (C=O) groups is 2. The lowest BCUT2D eigenvalue weighted by atomic mass is 10.1. The van der Waals surface area contributed by atoms with Crippen LogP contribution in [0.1, 0.15) is 18.1 Å². The molecule has 0 saturated heterocycles. The van der Waals surface area contributed by atoms with Gasteiger partial charge in [0.25, 0.3) is 0 Å². The summed E-state index contributed by atoms with van der Waals surface area (Å²) in [6.45, 7) is 2.04. The lowest BCUT2D eigenvalue weighted by molar-refractivity contribution is -0.138. The predicted octanol–water partition coefficient (Wildman–Crippen LogP) is 3.74. The van der Waals surface area contributed by atoms with E-state index in [2.05, 4.69) is 5.32 Å². The largest absolute Gasteiger partial charge is 0.357 e. The standard InChI is InChI=1S/C20H23ClN2O2S/c1-15(20(25)22-2)23(12-17-10-6-7-11-18(17)21)19(24)14-26-13-16-8-4-3-5-9-16/h3-11,15H,12-14H2,1-2H3,(H,22,25). The summed E-state index contributed by atoms with van der Waals surface area (Å²) in [4.78, 5) is 26.5. The molecule has 0 aliphatic heterocycles. The van der Waals surface area contributed by atoms with Crippen molar-refractivity contribution < 1.29 is 9.59 Å². The van der Waals surface area contributed by atoms with E-state index in [4.69, 9.17) is 11.6 Å². The molecule has 0 aromatic heterocycles. The van der Waals surface area contributed by atoms with Crippen LogP contribution in [0.5, 0.6) is 0 Å². The topological polar surface area (TPSA) is 49.4 Å². The first-order chi connectivity index (χ1) is 12.5. The van der Waals surface area contributed by atoms with E-state index in [0.29, 0.717) is 17.3 Å². The van der Waals surface area contributed by atoms with E-state index in [0.717, 1.165) is 11.3 Å². The monoisotopic (exact) mass is 390 g/mol. The number of nitrogens with one attached hydrogen (secondary N) is 1. The molecule has 2 aromatic rings. The Hall–Kier alpha value is -1.98. The van der Waals surface area contributed by atoms with Crippen LogP contribution in [-0.4, -0.2) is 35.6 Å². The Labute approximate surface area is 163 Å². The Kier molecular flexibility index (Phi) is 8.01. The van der Waals surface area contributed by atoms with Gasteiger partial charge in [0.1, 0.15) is 6.04 Å². The quantitative estimate of drug-likeness (QED) is 0.747. The molecule has 1 unspecified atom stereocenters. The molecule has 0 heterocycles. The van der Waals surface area contributed by atoms with Gasteiger partial charge in [-0.25, -0.2) is 0 Å². The van der Waals surface area contributed by atoms with Gasteiger partial charge in [-0.05, 0) is 24.1 Å². The summed E-state index contributed by atoms with van der Waals surface area (Å²) in [5, 5.41) is 3.20. The molecule has 0 radical (unpaired) electrons. The molecule has 0 bridgehead atoms. The van der Waals surface area contributed by atoms with Gasteiger partial charge in [-0.2, -0.15) is 0 Å². The van der Waals surface area contributed by atoms with E-state index in [9.17, 15) is 9.59 Å². The molecule has 0 aliphatic carbocycles. The average molecular weight is 391 g/mol. The first kappa shape index (κ1) is 20.3. The van der Waals surface area contributed by atoms with Gasteiger partial charge >= 0.3 is 0 Å². The zero-order chi connectivity index (χ0) is 18.9. The zero-order valence-electron chi connectivity index (χ0n) is 14.9. The van der Waals surface area contributed by atoms with Gasteiger partial charge in [-0.1, -0.05) is 60.1 Å². The van der Waals surface area contributed by atoms with E-state index in [1.165, 1.54) is 17.3 Å². The summed E-state index contributed by atoms with van der Waals surface area (Å²) in [5.74, 6) is 0.780. The molecule has 0 aliphatic rings. The number of hydrogen-bond acceptors (Lipinski definition) is 3. The molecular formula is C20H23ClN2O2S. The minimum absolute atomic E-state index is 0.0815. The second kappa shape index (κ2) is 10.2. The van der Waals surface area contributed by atoms with Gasteiger partial charge in [0.15, 0.2) is 0 Å². The smallest absolute Gasteiger partial charge is 0.242 e. The number of amides is 2. The van der Waals surface area contributed by atoms with Crippen LogP contribution in [0.2, 0.25) is 5.02 Å². The Morgan fingerprint density at radius 1 is 1.12 bits per heavy atom. The molecule has 0 fully saturated rings. The third kappa shape index (κ3) is 5.78. The molecule has 2 amide bonds. The maximum absolute atomic E-state index is 12.8. The van der Waals surface area contributed by atoms with Gasteiger partial charge in [-0.3, -0.25) is 9.59 Å². The highest BCUT2D eigenvalue weighted by Crippen LogP contribution is 2.20. The summed E-state index contributed by atoms with van der Waals surface area (Å²) in [5.41, 5.74) is 1.99. The number of likely N-dealkylation sites (N-methyl/N-ethyl adjacent to an activating group) is 1. The van der Waals surface area contributed by atoms with Crippen molar-refractivity contribution in [3.05, 3.63) is 70.7 Å². The summed E-state index contributed by atoms with van der Waals surface area (Å²) >= 11 is 7.77. The number of nitrogens with zero attached hydrogens (tertiary/aromatic N) is 1. The summed E-state index contributed by atoms with van der Waals surface area (Å²) < 4.78 is 0. The molecule has 1 atom stereocenters. The molecule has 0 saturated carbocycles. The number of hydrogen-bond donors (Lipinski definition) is 1. The van der Waals surface area contributed by atoms with Crippen molar-refractivity contribution in [1.82, 2.24) is 10.2 Å². The second-order valence-electron chi connectivity index (χ2n) is 5.88. The van der Waals surface area contributed by atoms with E-state index in [1.54, 1.807) is 24.9 Å². The summed E-state index contributed by atoms with van der Waals surface area (Å²) in [7, 11) is 1.57. The van der Waals surface area contributed by atoms with Gasteiger partial charge in [-0.15, -0.1) is 11.8 Å². The van der Waals surface area contributed by atoms with Crippen molar-refractivity contribution in [3.8, 4) is 0 Å². The van der Waals surface area contributed by atoms with E-state index < -0.39 is 6.04 Å². The van der Waals surface area contributed by atoms with Crippen LogP contribution < -0.4 is 5.32 Å². The molecule has 2 rings (SSSR count). The number of benzene rings is 2. The summed E-state index contributed by atoms with van der Waals surface area (Å²) in [6.07, 6.45) is 0. The second-order valence-corrected chi connectivity index (χ2v) is 7.27. The van der Waals surface area contributed by atoms with Gasteiger partial charge in [0.2, 0.25) is 11.8 Å². The van der Waals surface area contributed by atoms with Crippen molar-refractivity contribution in [3.63, 3.8) is 0 Å². The van der Waals surface area contributed by atoms with Crippen molar-refractivity contribution >= 4 is 35.2 Å². The fourth-order valence-corrected chi connectivity index (χ4v) is 3.58. The highest BCUT2D eigenvalue weighted by atomic mass is 35.5. The third-order valence-electron chi connectivity index (χ3n) is 4.05. The molecular weight excluding hydrogens is 368 g/mol. The Morgan fingerprint density at radius 2 is 1.77 bits per heavy atom. The Morgan fingerprint density at radius 3 is 2.42 bits per heavy atom. The SMILES string of the molecule is CNC(=O)C(C)N(Cc1ccccc1Cl)C(=O)CSCc1ccccc1. The molecule has 4 nitrogen and oxygen atoms in total. The van der Waals surface area contributed by atoms with Gasteiger partial charge < -0.3 is 10.2 Å². The summed E-state index contributed by atoms with van der Waals surface area (Å²) in [6, 6.07) is 16.8. The minimum Gasteiger partial charge on any atom is -0.357 e. The van der Waals surface area contributed by atoms with Crippen molar-refractivity contribution in [2.75, 3.05) is 12.8 Å². The number of carbonyl (C=O) groups excluding carboxylic acids is 2. The van der Waals surface area contributed by atoms with Gasteiger partial charge in [0.05, 0.1) is 5.75 Å². The lowest BCUT2D eigenvalue weighted by Gasteiger charge is -2.28. The minimum atomic E-state index is -0.568. The maximum Gasteiger partial charge on any atom is 0.242 e. The number of thioether (sulfide) groups is 1. The van der Waals surface area contributed by atoms with Gasteiger partial charge in [0, 0.05) is 24.4 Å². The Bertz CT molecular complexity index is 740. The highest BCUT2D eigenvalue weighted by Gasteiger charge is 2.25. The van der Waals surface area contributed by atoms with Crippen LogP contribution in [-0.2, 0) is 21.9 Å². The zero-order valence-corrected chi connectivity index (χ0v) is 16.5. The maximum atomic E-state index is 12.8. The molecule has 26 heavy (non-hydrogen) atoms. The first-order valence-electron chi connectivity index (χ1n) is 8.39. The molecule has 0 spiro atoms. The molecule has 6 heteroatoms. The van der Waals surface area contributed by atoms with Crippen LogP contribution in [0.4, 0.5) is 0 Å². The van der Waals surface area contributed by atoms with Crippen LogP contribution in [0.25, 0.3) is 0 Å². The van der Waals surface area contributed by atoms with Crippen LogP contribution in [0.3, 0.4) is 0 Å². The van der Waals surface area contributed by atoms with Crippen molar-refractivity contribution in [2.24, 2.45) is 0 Å². The normalized spacial score (nSPS) is 11.7. The average Bonchev–Trinajstić information content (AvgIpc) is 2.67. The Balaban J connectivity index is 2.05. The van der Waals surface area contributed by atoms with E-state index in [-0.39, 0.29) is 11.8 Å². The molecule has 1 N–H and O–H groups in total. The number of rotatable bonds is 8. The fourth-order valence-electron chi connectivity index (χ4n) is 2.52. The van der Waals surface area contributed by atoms with Crippen LogP contribution >= 0.6 is 23.4 Å². The highest BCUT2D eigenvalue weighted by molar-refractivity contribution is 7.99.